The lowest BCUT2D eigenvalue weighted by atomic mass is 10.0. The van der Waals surface area contributed by atoms with Gasteiger partial charge in [-0.3, -0.25) is 0 Å². The molecule has 0 radical (unpaired) electrons. The molecule has 3 unspecified atom stereocenters. The zero-order valence-corrected chi connectivity index (χ0v) is 5.12. The van der Waals surface area contributed by atoms with Crippen LogP contribution in [-0.4, -0.2) is 37.1 Å². The highest BCUT2D eigenvalue weighted by atomic mass is 16.6. The van der Waals surface area contributed by atoms with Crippen LogP contribution in [0.5, 0.6) is 0 Å². The standard InChI is InChI=1S/C6H10O3/c7-5-2-9-6-3-8-1-4(5)6/h4-7H,1-3H2. The average Bonchev–Trinajstić information content (AvgIpc) is 2.35. The van der Waals surface area contributed by atoms with Crippen LogP contribution in [0, 0.1) is 5.92 Å². The van der Waals surface area contributed by atoms with Gasteiger partial charge in [0.15, 0.2) is 0 Å². The average molecular weight is 130 g/mol. The number of aliphatic hydroxyl groups excluding tert-OH is 1. The molecule has 3 nitrogen and oxygen atoms in total. The van der Waals surface area contributed by atoms with Crippen molar-refractivity contribution >= 4 is 0 Å². The van der Waals surface area contributed by atoms with Gasteiger partial charge in [-0.2, -0.15) is 0 Å². The predicted molar refractivity (Wildman–Crippen MR) is 30.1 cm³/mol. The molecule has 2 aliphatic heterocycles. The third-order valence-corrected chi connectivity index (χ3v) is 2.05. The normalized spacial score (nSPS) is 49.7. The molecule has 3 atom stereocenters. The molecule has 0 aromatic heterocycles. The fraction of sp³-hybridized carbons (Fsp3) is 1.00. The van der Waals surface area contributed by atoms with Gasteiger partial charge in [0, 0.05) is 5.92 Å². The lowest BCUT2D eigenvalue weighted by Gasteiger charge is -2.05. The monoisotopic (exact) mass is 130 g/mol. The summed E-state index contributed by atoms with van der Waals surface area (Å²) in [4.78, 5) is 0. The highest BCUT2D eigenvalue weighted by Gasteiger charge is 2.40. The van der Waals surface area contributed by atoms with Crippen LogP contribution in [0.3, 0.4) is 0 Å². The van der Waals surface area contributed by atoms with E-state index in [0.717, 1.165) is 0 Å². The molecule has 2 heterocycles. The van der Waals surface area contributed by atoms with E-state index < -0.39 is 0 Å². The molecule has 9 heavy (non-hydrogen) atoms. The van der Waals surface area contributed by atoms with Gasteiger partial charge in [0.25, 0.3) is 0 Å². The number of ether oxygens (including phenoxy) is 2. The zero-order valence-electron chi connectivity index (χ0n) is 5.12. The molecular formula is C6H10O3. The van der Waals surface area contributed by atoms with Crippen LogP contribution < -0.4 is 0 Å². The summed E-state index contributed by atoms with van der Waals surface area (Å²) in [7, 11) is 0. The molecule has 1 N–H and O–H groups in total. The summed E-state index contributed by atoms with van der Waals surface area (Å²) in [5.41, 5.74) is 0. The summed E-state index contributed by atoms with van der Waals surface area (Å²) in [5, 5.41) is 9.19. The van der Waals surface area contributed by atoms with Crippen LogP contribution >= 0.6 is 0 Å². The molecule has 2 fully saturated rings. The first-order chi connectivity index (χ1) is 4.38. The van der Waals surface area contributed by atoms with Crippen molar-refractivity contribution in [2.24, 2.45) is 5.92 Å². The predicted octanol–water partition coefficient (Wildman–Crippen LogP) is -0.608. The summed E-state index contributed by atoms with van der Waals surface area (Å²) in [5.74, 6) is 0.255. The lowest BCUT2D eigenvalue weighted by molar-refractivity contribution is 0.0434. The lowest BCUT2D eigenvalue weighted by Crippen LogP contribution is -2.21. The van der Waals surface area contributed by atoms with E-state index in [1.165, 1.54) is 0 Å². The highest BCUT2D eigenvalue weighted by molar-refractivity contribution is 4.86. The van der Waals surface area contributed by atoms with Crippen molar-refractivity contribution < 1.29 is 14.6 Å². The molecule has 0 saturated carbocycles. The Morgan fingerprint density at radius 1 is 1.22 bits per heavy atom. The second kappa shape index (κ2) is 1.94. The first-order valence-corrected chi connectivity index (χ1v) is 3.25. The maximum Gasteiger partial charge on any atom is 0.0885 e. The third kappa shape index (κ3) is 0.764. The number of hydrogen-bond acceptors (Lipinski definition) is 3. The van der Waals surface area contributed by atoms with Crippen LogP contribution in [0.4, 0.5) is 0 Å². The first kappa shape index (κ1) is 5.65. The molecule has 0 aliphatic carbocycles. The van der Waals surface area contributed by atoms with Gasteiger partial charge in [0.2, 0.25) is 0 Å². The molecule has 0 aromatic carbocycles. The summed E-state index contributed by atoms with van der Waals surface area (Å²) < 4.78 is 10.3. The number of hydrogen-bond donors (Lipinski definition) is 1. The maximum atomic E-state index is 9.19. The Balaban J connectivity index is 2.07. The van der Waals surface area contributed by atoms with Crippen LogP contribution in [0.25, 0.3) is 0 Å². The van der Waals surface area contributed by atoms with Crippen molar-refractivity contribution in [2.45, 2.75) is 12.2 Å². The second-order valence-corrected chi connectivity index (χ2v) is 2.64. The fourth-order valence-corrected chi connectivity index (χ4v) is 1.43. The van der Waals surface area contributed by atoms with E-state index in [1.54, 1.807) is 0 Å². The first-order valence-electron chi connectivity index (χ1n) is 3.25. The fourth-order valence-electron chi connectivity index (χ4n) is 1.43. The minimum absolute atomic E-state index is 0.181. The minimum atomic E-state index is -0.280. The Hall–Kier alpha value is -0.120. The summed E-state index contributed by atoms with van der Waals surface area (Å²) in [6.45, 7) is 1.84. The van der Waals surface area contributed by atoms with E-state index in [-0.39, 0.29) is 18.1 Å². The number of rotatable bonds is 0. The van der Waals surface area contributed by atoms with E-state index >= 15 is 0 Å². The summed E-state index contributed by atoms with van der Waals surface area (Å²) >= 11 is 0. The smallest absolute Gasteiger partial charge is 0.0885 e. The zero-order chi connectivity index (χ0) is 6.27. The minimum Gasteiger partial charge on any atom is -0.390 e. The molecule has 0 aromatic rings. The van der Waals surface area contributed by atoms with Crippen LogP contribution in [0.1, 0.15) is 0 Å². The molecule has 3 heteroatoms. The van der Waals surface area contributed by atoms with Gasteiger partial charge in [0.05, 0.1) is 32.0 Å². The molecule has 2 rings (SSSR count). The van der Waals surface area contributed by atoms with Crippen molar-refractivity contribution in [2.75, 3.05) is 19.8 Å². The largest absolute Gasteiger partial charge is 0.390 e. The maximum absolute atomic E-state index is 9.19. The van der Waals surface area contributed by atoms with Gasteiger partial charge in [-0.05, 0) is 0 Å². The van der Waals surface area contributed by atoms with Gasteiger partial charge in [0.1, 0.15) is 0 Å². The van der Waals surface area contributed by atoms with Crippen molar-refractivity contribution in [1.82, 2.24) is 0 Å². The van der Waals surface area contributed by atoms with Crippen molar-refractivity contribution in [3.8, 4) is 0 Å². The van der Waals surface area contributed by atoms with Crippen molar-refractivity contribution in [3.05, 3.63) is 0 Å². The molecule has 0 bridgehead atoms. The van der Waals surface area contributed by atoms with E-state index in [0.29, 0.717) is 19.8 Å². The Bertz CT molecular complexity index is 115. The second-order valence-electron chi connectivity index (χ2n) is 2.64. The Morgan fingerprint density at radius 2 is 2.11 bits per heavy atom. The van der Waals surface area contributed by atoms with E-state index in [9.17, 15) is 5.11 Å². The van der Waals surface area contributed by atoms with Gasteiger partial charge in [-0.1, -0.05) is 0 Å². The molecule has 2 aliphatic rings. The SMILES string of the molecule is OC1COC2COCC12. The van der Waals surface area contributed by atoms with Crippen LogP contribution in [-0.2, 0) is 9.47 Å². The Kier molecular flexibility index (Phi) is 1.22. The van der Waals surface area contributed by atoms with Gasteiger partial charge >= 0.3 is 0 Å². The molecular weight excluding hydrogens is 120 g/mol. The third-order valence-electron chi connectivity index (χ3n) is 2.05. The van der Waals surface area contributed by atoms with Crippen molar-refractivity contribution in [1.29, 1.82) is 0 Å². The molecule has 2 saturated heterocycles. The molecule has 0 amide bonds. The quantitative estimate of drug-likeness (QED) is 0.475. The number of aliphatic hydroxyl groups is 1. The van der Waals surface area contributed by atoms with E-state index in [2.05, 4.69) is 0 Å². The van der Waals surface area contributed by atoms with E-state index in [4.69, 9.17) is 9.47 Å². The Morgan fingerprint density at radius 3 is 2.89 bits per heavy atom. The van der Waals surface area contributed by atoms with Crippen LogP contribution in [0.15, 0.2) is 0 Å². The van der Waals surface area contributed by atoms with Crippen LogP contribution in [0.2, 0.25) is 0 Å². The van der Waals surface area contributed by atoms with Gasteiger partial charge in [-0.25, -0.2) is 0 Å². The number of fused-ring (bicyclic) bond motifs is 1. The Labute approximate surface area is 53.6 Å². The summed E-state index contributed by atoms with van der Waals surface area (Å²) in [6, 6.07) is 0. The molecule has 0 spiro atoms. The molecule has 52 valence electrons. The van der Waals surface area contributed by atoms with Gasteiger partial charge in [-0.15, -0.1) is 0 Å². The van der Waals surface area contributed by atoms with E-state index in [1.807, 2.05) is 0 Å². The van der Waals surface area contributed by atoms with Crippen molar-refractivity contribution in [3.63, 3.8) is 0 Å². The highest BCUT2D eigenvalue weighted by Crippen LogP contribution is 2.26. The topological polar surface area (TPSA) is 38.7 Å². The van der Waals surface area contributed by atoms with Gasteiger partial charge < -0.3 is 14.6 Å². The summed E-state index contributed by atoms with van der Waals surface area (Å²) in [6.07, 6.45) is -0.0995.